The summed E-state index contributed by atoms with van der Waals surface area (Å²) in [6.45, 7) is 2.29. The van der Waals surface area contributed by atoms with Crippen molar-refractivity contribution in [1.29, 1.82) is 0 Å². The number of rotatable bonds is 4. The molecular formula is C18H18ClNOS. The molecule has 0 spiro atoms. The highest BCUT2D eigenvalue weighted by Crippen LogP contribution is 2.23. The third-order valence-electron chi connectivity index (χ3n) is 3.86. The fraction of sp³-hybridized carbons (Fsp3) is 0.278. The van der Waals surface area contributed by atoms with E-state index in [4.69, 9.17) is 11.6 Å². The van der Waals surface area contributed by atoms with Gasteiger partial charge in [0.15, 0.2) is 5.78 Å². The number of halogens is 1. The summed E-state index contributed by atoms with van der Waals surface area (Å²) in [5.74, 6) is -0.00277. The average Bonchev–Trinajstić information content (AvgIpc) is 3.00. The van der Waals surface area contributed by atoms with Crippen LogP contribution < -0.4 is 4.90 Å². The number of carbonyl (C=O) groups excluding carboxylic acids is 1. The molecule has 114 valence electrons. The van der Waals surface area contributed by atoms with Crippen LogP contribution in [0.15, 0.2) is 42.5 Å². The highest BCUT2D eigenvalue weighted by atomic mass is 35.5. The molecule has 2 heterocycles. The minimum Gasteiger partial charge on any atom is -0.372 e. The van der Waals surface area contributed by atoms with Crippen LogP contribution in [0, 0.1) is 0 Å². The van der Waals surface area contributed by atoms with Crippen LogP contribution in [0.4, 0.5) is 5.69 Å². The van der Waals surface area contributed by atoms with Gasteiger partial charge >= 0.3 is 0 Å². The predicted molar refractivity (Wildman–Crippen MR) is 95.2 cm³/mol. The Kier molecular flexibility index (Phi) is 4.96. The zero-order valence-electron chi connectivity index (χ0n) is 12.3. The predicted octanol–water partition coefficient (Wildman–Crippen LogP) is 5.29. The van der Waals surface area contributed by atoms with Crippen LogP contribution in [-0.2, 0) is 0 Å². The molecule has 1 aromatic carbocycles. The maximum absolute atomic E-state index is 12.0. The van der Waals surface area contributed by atoms with E-state index in [0.717, 1.165) is 18.7 Å². The number of thiophene rings is 1. The Labute approximate surface area is 140 Å². The molecule has 1 fully saturated rings. The van der Waals surface area contributed by atoms with Gasteiger partial charge in [0.2, 0.25) is 0 Å². The van der Waals surface area contributed by atoms with Crippen molar-refractivity contribution in [3.63, 3.8) is 0 Å². The van der Waals surface area contributed by atoms with E-state index >= 15 is 0 Å². The second kappa shape index (κ2) is 7.12. The van der Waals surface area contributed by atoms with Gasteiger partial charge in [-0.15, -0.1) is 11.3 Å². The van der Waals surface area contributed by atoms with Crippen molar-refractivity contribution in [3.8, 4) is 0 Å². The standard InChI is InChI=1S/C18H18ClNOS/c19-18-11-10-17(22-18)16(21)9-6-14-4-7-15(8-5-14)20-12-2-1-3-13-20/h4-11H,1-3,12-13H2/b9-6+. The third-order valence-corrected chi connectivity index (χ3v) is 5.10. The second-order valence-corrected chi connectivity index (χ2v) is 7.16. The molecular weight excluding hydrogens is 314 g/mol. The summed E-state index contributed by atoms with van der Waals surface area (Å²) in [7, 11) is 0. The molecule has 1 saturated heterocycles. The van der Waals surface area contributed by atoms with E-state index in [9.17, 15) is 4.79 Å². The molecule has 1 aromatic heterocycles. The summed E-state index contributed by atoms with van der Waals surface area (Å²) in [5.41, 5.74) is 2.31. The van der Waals surface area contributed by atoms with Crippen LogP contribution >= 0.6 is 22.9 Å². The van der Waals surface area contributed by atoms with Gasteiger partial charge in [-0.3, -0.25) is 4.79 Å². The first-order chi connectivity index (χ1) is 10.7. The Bertz CT molecular complexity index is 669. The van der Waals surface area contributed by atoms with Crippen molar-refractivity contribution in [2.24, 2.45) is 0 Å². The van der Waals surface area contributed by atoms with Crippen LogP contribution in [0.2, 0.25) is 4.34 Å². The summed E-state index contributed by atoms with van der Waals surface area (Å²) in [5, 5.41) is 0. The van der Waals surface area contributed by atoms with Gasteiger partial charge in [0.1, 0.15) is 0 Å². The number of hydrogen-bond acceptors (Lipinski definition) is 3. The largest absolute Gasteiger partial charge is 0.372 e. The molecule has 2 aromatic rings. The Balaban J connectivity index is 1.65. The van der Waals surface area contributed by atoms with Crippen molar-refractivity contribution in [2.75, 3.05) is 18.0 Å². The summed E-state index contributed by atoms with van der Waals surface area (Å²) in [6.07, 6.45) is 7.36. The first kappa shape index (κ1) is 15.3. The summed E-state index contributed by atoms with van der Waals surface area (Å²) in [4.78, 5) is 15.1. The second-order valence-electron chi connectivity index (χ2n) is 5.44. The maximum Gasteiger partial charge on any atom is 0.195 e. The van der Waals surface area contributed by atoms with Crippen molar-refractivity contribution in [3.05, 3.63) is 57.3 Å². The quantitative estimate of drug-likeness (QED) is 0.560. The zero-order chi connectivity index (χ0) is 15.4. The van der Waals surface area contributed by atoms with Crippen LogP contribution in [0.1, 0.15) is 34.5 Å². The van der Waals surface area contributed by atoms with Gasteiger partial charge in [0.25, 0.3) is 0 Å². The summed E-state index contributed by atoms with van der Waals surface area (Å²) < 4.78 is 0.641. The molecule has 0 amide bonds. The molecule has 0 saturated carbocycles. The molecule has 0 radical (unpaired) electrons. The molecule has 0 bridgehead atoms. The lowest BCUT2D eigenvalue weighted by Crippen LogP contribution is -2.29. The van der Waals surface area contributed by atoms with Crippen molar-refractivity contribution in [2.45, 2.75) is 19.3 Å². The van der Waals surface area contributed by atoms with Crippen LogP contribution in [0.3, 0.4) is 0 Å². The fourth-order valence-corrected chi connectivity index (χ4v) is 3.61. The number of carbonyl (C=O) groups is 1. The van der Waals surface area contributed by atoms with E-state index in [1.54, 1.807) is 18.2 Å². The number of allylic oxidation sites excluding steroid dienone is 1. The van der Waals surface area contributed by atoms with E-state index in [2.05, 4.69) is 29.2 Å². The van der Waals surface area contributed by atoms with Crippen LogP contribution in [-0.4, -0.2) is 18.9 Å². The first-order valence-electron chi connectivity index (χ1n) is 7.55. The van der Waals surface area contributed by atoms with E-state index < -0.39 is 0 Å². The SMILES string of the molecule is O=C(/C=C/c1ccc(N2CCCCC2)cc1)c1ccc(Cl)s1. The Hall–Kier alpha value is -1.58. The van der Waals surface area contributed by atoms with Gasteiger partial charge in [-0.05, 0) is 55.2 Å². The normalized spacial score (nSPS) is 15.4. The van der Waals surface area contributed by atoms with Gasteiger partial charge < -0.3 is 4.90 Å². The van der Waals surface area contributed by atoms with E-state index in [-0.39, 0.29) is 5.78 Å². The lowest BCUT2D eigenvalue weighted by Gasteiger charge is -2.28. The lowest BCUT2D eigenvalue weighted by atomic mass is 10.1. The Morgan fingerprint density at radius 1 is 1.05 bits per heavy atom. The smallest absolute Gasteiger partial charge is 0.195 e. The molecule has 2 nitrogen and oxygen atoms in total. The molecule has 0 atom stereocenters. The monoisotopic (exact) mass is 331 g/mol. The average molecular weight is 332 g/mol. The molecule has 3 rings (SSSR count). The van der Waals surface area contributed by atoms with Gasteiger partial charge in [0.05, 0.1) is 9.21 Å². The minimum atomic E-state index is -0.00277. The topological polar surface area (TPSA) is 20.3 Å². The molecule has 1 aliphatic heterocycles. The molecule has 0 unspecified atom stereocenters. The van der Waals surface area contributed by atoms with Crippen molar-refractivity contribution >= 4 is 40.5 Å². The molecule has 22 heavy (non-hydrogen) atoms. The third kappa shape index (κ3) is 3.79. The molecule has 4 heteroatoms. The van der Waals surface area contributed by atoms with Gasteiger partial charge in [-0.25, -0.2) is 0 Å². The number of anilines is 1. The molecule has 0 aliphatic carbocycles. The highest BCUT2D eigenvalue weighted by molar-refractivity contribution is 7.18. The summed E-state index contributed by atoms with van der Waals surface area (Å²) >= 11 is 7.16. The Morgan fingerprint density at radius 2 is 1.77 bits per heavy atom. The Morgan fingerprint density at radius 3 is 2.41 bits per heavy atom. The number of piperidine rings is 1. The van der Waals surface area contributed by atoms with Crippen LogP contribution in [0.25, 0.3) is 6.08 Å². The van der Waals surface area contributed by atoms with Crippen LogP contribution in [0.5, 0.6) is 0 Å². The van der Waals surface area contributed by atoms with Crippen molar-refractivity contribution in [1.82, 2.24) is 0 Å². The molecule has 0 N–H and O–H groups in total. The highest BCUT2D eigenvalue weighted by Gasteiger charge is 2.10. The van der Waals surface area contributed by atoms with E-state index in [1.807, 2.05) is 6.08 Å². The van der Waals surface area contributed by atoms with E-state index in [1.165, 1.54) is 36.3 Å². The first-order valence-corrected chi connectivity index (χ1v) is 8.74. The van der Waals surface area contributed by atoms with Crippen molar-refractivity contribution < 1.29 is 4.79 Å². The number of nitrogens with zero attached hydrogens (tertiary/aromatic N) is 1. The minimum absolute atomic E-state index is 0.00277. The zero-order valence-corrected chi connectivity index (χ0v) is 13.9. The summed E-state index contributed by atoms with van der Waals surface area (Å²) in [6, 6.07) is 11.9. The number of ketones is 1. The fourth-order valence-electron chi connectivity index (χ4n) is 2.65. The molecule has 1 aliphatic rings. The maximum atomic E-state index is 12.0. The number of benzene rings is 1. The lowest BCUT2D eigenvalue weighted by molar-refractivity contribution is 0.105. The van der Waals surface area contributed by atoms with Gasteiger partial charge in [-0.2, -0.15) is 0 Å². The van der Waals surface area contributed by atoms with Gasteiger partial charge in [0, 0.05) is 18.8 Å². The van der Waals surface area contributed by atoms with E-state index in [0.29, 0.717) is 9.21 Å². The number of hydrogen-bond donors (Lipinski definition) is 0. The van der Waals surface area contributed by atoms with Gasteiger partial charge in [-0.1, -0.05) is 29.8 Å².